The Morgan fingerprint density at radius 1 is 1.28 bits per heavy atom. The van der Waals surface area contributed by atoms with E-state index in [0.29, 0.717) is 18.6 Å². The zero-order chi connectivity index (χ0) is 13.0. The van der Waals surface area contributed by atoms with E-state index in [9.17, 15) is 5.11 Å². The predicted molar refractivity (Wildman–Crippen MR) is 74.4 cm³/mol. The summed E-state index contributed by atoms with van der Waals surface area (Å²) in [6, 6.07) is 11.1. The number of nitrogens with zero attached hydrogens (tertiary/aromatic N) is 2. The minimum Gasteiger partial charge on any atom is -0.396 e. The first-order valence-electron chi connectivity index (χ1n) is 6.74. The van der Waals surface area contributed by atoms with E-state index in [0.717, 1.165) is 26.1 Å². The Morgan fingerprint density at radius 2 is 2.00 bits per heavy atom. The smallest absolute Gasteiger partial charge is 0.0475 e. The molecule has 0 aliphatic carbocycles. The molecule has 1 aromatic carbocycles. The van der Waals surface area contributed by atoms with Crippen molar-refractivity contribution in [3.63, 3.8) is 0 Å². The van der Waals surface area contributed by atoms with E-state index in [4.69, 9.17) is 0 Å². The number of aliphatic hydroxyl groups excluding tert-OH is 1. The highest BCUT2D eigenvalue weighted by Gasteiger charge is 2.29. The molecule has 0 aromatic heterocycles. The molecule has 1 fully saturated rings. The Bertz CT molecular complexity index is 353. The zero-order valence-electron chi connectivity index (χ0n) is 11.4. The normalized spacial score (nSPS) is 25.6. The average Bonchev–Trinajstić information content (AvgIpc) is 2.40. The van der Waals surface area contributed by atoms with Crippen LogP contribution in [0.5, 0.6) is 0 Å². The molecule has 100 valence electrons. The van der Waals surface area contributed by atoms with E-state index < -0.39 is 0 Å². The minimum atomic E-state index is 0.308. The van der Waals surface area contributed by atoms with Crippen LogP contribution in [0.15, 0.2) is 30.3 Å². The van der Waals surface area contributed by atoms with Crippen LogP contribution in [0.25, 0.3) is 0 Å². The van der Waals surface area contributed by atoms with Crippen molar-refractivity contribution in [3.8, 4) is 0 Å². The van der Waals surface area contributed by atoms with Crippen LogP contribution in [0, 0.1) is 5.92 Å². The fourth-order valence-electron chi connectivity index (χ4n) is 2.83. The van der Waals surface area contributed by atoms with Crippen LogP contribution in [0.3, 0.4) is 0 Å². The number of likely N-dealkylation sites (tertiary alicyclic amines) is 1. The number of likely N-dealkylation sites (N-methyl/N-ethyl adjacent to an activating group) is 1. The van der Waals surface area contributed by atoms with Crippen molar-refractivity contribution in [1.29, 1.82) is 0 Å². The maximum atomic E-state index is 9.44. The first-order valence-corrected chi connectivity index (χ1v) is 6.74. The van der Waals surface area contributed by atoms with Crippen molar-refractivity contribution in [2.75, 3.05) is 33.8 Å². The monoisotopic (exact) mass is 248 g/mol. The van der Waals surface area contributed by atoms with Gasteiger partial charge < -0.3 is 10.0 Å². The van der Waals surface area contributed by atoms with Crippen LogP contribution in [0.2, 0.25) is 0 Å². The third-order valence-corrected chi connectivity index (χ3v) is 3.95. The molecule has 0 bridgehead atoms. The second kappa shape index (κ2) is 6.32. The number of piperidine rings is 1. The van der Waals surface area contributed by atoms with Crippen LogP contribution >= 0.6 is 0 Å². The van der Waals surface area contributed by atoms with Crippen molar-refractivity contribution < 1.29 is 5.11 Å². The average molecular weight is 248 g/mol. The van der Waals surface area contributed by atoms with Gasteiger partial charge in [-0.05, 0) is 38.5 Å². The molecule has 2 rings (SSSR count). The van der Waals surface area contributed by atoms with Gasteiger partial charge in [0.2, 0.25) is 0 Å². The lowest BCUT2D eigenvalue weighted by atomic mass is 9.91. The molecule has 1 aliphatic rings. The molecule has 0 spiro atoms. The maximum Gasteiger partial charge on any atom is 0.0475 e. The lowest BCUT2D eigenvalue weighted by Crippen LogP contribution is -2.51. The van der Waals surface area contributed by atoms with Crippen LogP contribution in [-0.4, -0.2) is 54.7 Å². The van der Waals surface area contributed by atoms with Crippen LogP contribution in [0.1, 0.15) is 12.0 Å². The van der Waals surface area contributed by atoms with Crippen molar-refractivity contribution in [2.24, 2.45) is 5.92 Å². The summed E-state index contributed by atoms with van der Waals surface area (Å²) in [5.41, 5.74) is 1.37. The van der Waals surface area contributed by atoms with Crippen LogP contribution in [0.4, 0.5) is 0 Å². The molecule has 3 heteroatoms. The Hall–Kier alpha value is -0.900. The van der Waals surface area contributed by atoms with Crippen molar-refractivity contribution in [2.45, 2.75) is 19.0 Å². The van der Waals surface area contributed by atoms with Gasteiger partial charge in [-0.3, -0.25) is 4.90 Å². The van der Waals surface area contributed by atoms with Gasteiger partial charge in [0, 0.05) is 25.7 Å². The molecular formula is C15H24N2O. The first-order chi connectivity index (χ1) is 8.70. The molecule has 2 atom stereocenters. The number of benzene rings is 1. The molecule has 0 saturated carbocycles. The number of aliphatic hydroxyl groups is 1. The summed E-state index contributed by atoms with van der Waals surface area (Å²) in [6.07, 6.45) is 1.09. The molecule has 1 aromatic rings. The van der Waals surface area contributed by atoms with E-state index in [2.05, 4.69) is 54.2 Å². The first kappa shape index (κ1) is 13.5. The molecule has 3 nitrogen and oxygen atoms in total. The third kappa shape index (κ3) is 3.31. The third-order valence-electron chi connectivity index (χ3n) is 3.95. The number of rotatable bonds is 4. The summed E-state index contributed by atoms with van der Waals surface area (Å²) in [5.74, 6) is 0.423. The summed E-state index contributed by atoms with van der Waals surface area (Å²) in [4.78, 5) is 4.74. The fourth-order valence-corrected chi connectivity index (χ4v) is 2.83. The standard InChI is InChI=1S/C15H24N2O/c1-16(2)15-11-17(9-8-14(15)12-18)10-13-6-4-3-5-7-13/h3-7,14-15,18H,8-12H2,1-2H3/t14-,15+/m0/s1. The Balaban J connectivity index is 1.96. The van der Waals surface area contributed by atoms with Gasteiger partial charge in [-0.2, -0.15) is 0 Å². The lowest BCUT2D eigenvalue weighted by Gasteiger charge is -2.41. The molecule has 18 heavy (non-hydrogen) atoms. The molecule has 1 saturated heterocycles. The molecule has 0 amide bonds. The molecule has 1 heterocycles. The van der Waals surface area contributed by atoms with Crippen molar-refractivity contribution in [3.05, 3.63) is 35.9 Å². The van der Waals surface area contributed by atoms with E-state index in [1.807, 2.05) is 0 Å². The van der Waals surface area contributed by atoms with Crippen LogP contribution in [-0.2, 0) is 6.54 Å². The zero-order valence-corrected chi connectivity index (χ0v) is 11.4. The summed E-state index contributed by atoms with van der Waals surface area (Å²) in [7, 11) is 4.22. The summed E-state index contributed by atoms with van der Waals surface area (Å²) >= 11 is 0. The minimum absolute atomic E-state index is 0.308. The van der Waals surface area contributed by atoms with Gasteiger partial charge in [0.25, 0.3) is 0 Å². The van der Waals surface area contributed by atoms with E-state index >= 15 is 0 Å². The molecular weight excluding hydrogens is 224 g/mol. The SMILES string of the molecule is CN(C)[C@@H]1CN(Cc2ccccc2)CC[C@H]1CO. The highest BCUT2D eigenvalue weighted by molar-refractivity contribution is 5.14. The van der Waals surface area contributed by atoms with Crippen LogP contribution < -0.4 is 0 Å². The fraction of sp³-hybridized carbons (Fsp3) is 0.600. The van der Waals surface area contributed by atoms with Gasteiger partial charge in [0.05, 0.1) is 0 Å². The lowest BCUT2D eigenvalue weighted by molar-refractivity contribution is 0.0461. The van der Waals surface area contributed by atoms with Gasteiger partial charge in [0.15, 0.2) is 0 Å². The molecule has 0 unspecified atom stereocenters. The van der Waals surface area contributed by atoms with E-state index in [1.165, 1.54) is 5.56 Å². The number of hydrogen-bond donors (Lipinski definition) is 1. The van der Waals surface area contributed by atoms with Gasteiger partial charge in [-0.25, -0.2) is 0 Å². The highest BCUT2D eigenvalue weighted by atomic mass is 16.3. The van der Waals surface area contributed by atoms with E-state index in [-0.39, 0.29) is 0 Å². The van der Waals surface area contributed by atoms with Gasteiger partial charge >= 0.3 is 0 Å². The topological polar surface area (TPSA) is 26.7 Å². The summed E-state index contributed by atoms with van der Waals surface area (Å²) < 4.78 is 0. The largest absolute Gasteiger partial charge is 0.396 e. The molecule has 1 aliphatic heterocycles. The maximum absolute atomic E-state index is 9.44. The van der Waals surface area contributed by atoms with E-state index in [1.54, 1.807) is 0 Å². The number of hydrogen-bond acceptors (Lipinski definition) is 3. The Kier molecular flexibility index (Phi) is 4.75. The second-order valence-corrected chi connectivity index (χ2v) is 5.48. The van der Waals surface area contributed by atoms with Gasteiger partial charge in [-0.15, -0.1) is 0 Å². The quantitative estimate of drug-likeness (QED) is 0.873. The molecule has 0 radical (unpaired) electrons. The highest BCUT2D eigenvalue weighted by Crippen LogP contribution is 2.22. The van der Waals surface area contributed by atoms with Crippen molar-refractivity contribution in [1.82, 2.24) is 9.80 Å². The molecule has 1 N–H and O–H groups in total. The Morgan fingerprint density at radius 3 is 2.61 bits per heavy atom. The van der Waals surface area contributed by atoms with Crippen molar-refractivity contribution >= 4 is 0 Å². The summed E-state index contributed by atoms with van der Waals surface area (Å²) in [5, 5.41) is 9.44. The second-order valence-electron chi connectivity index (χ2n) is 5.48. The van der Waals surface area contributed by atoms with Gasteiger partial charge in [-0.1, -0.05) is 30.3 Å². The summed E-state index contributed by atoms with van der Waals surface area (Å²) in [6.45, 7) is 3.46. The Labute approximate surface area is 110 Å². The van der Waals surface area contributed by atoms with Gasteiger partial charge in [0.1, 0.15) is 0 Å². The predicted octanol–water partition coefficient (Wildman–Crippen LogP) is 1.43.